The minimum absolute atomic E-state index is 0.299. The number of phenols is 1. The molecule has 3 heteroatoms. The van der Waals surface area contributed by atoms with Crippen molar-refractivity contribution in [2.24, 2.45) is 17.8 Å². The summed E-state index contributed by atoms with van der Waals surface area (Å²) in [5.74, 6) is 1.46. The Morgan fingerprint density at radius 3 is 2.85 bits per heavy atom. The van der Waals surface area contributed by atoms with E-state index in [2.05, 4.69) is 13.0 Å². The topological polar surface area (TPSA) is 57.5 Å². The molecule has 0 heterocycles. The van der Waals surface area contributed by atoms with Crippen LogP contribution in [-0.4, -0.2) is 16.2 Å². The van der Waals surface area contributed by atoms with Crippen LogP contribution in [0, 0.1) is 17.8 Å². The molecule has 20 heavy (non-hydrogen) atoms. The molecule has 108 valence electrons. The fraction of sp³-hybridized carbons (Fsp3) is 0.588. The lowest BCUT2D eigenvalue weighted by Crippen LogP contribution is -2.36. The summed E-state index contributed by atoms with van der Waals surface area (Å²) < 4.78 is 0. The molecule has 2 N–H and O–H groups in total. The van der Waals surface area contributed by atoms with Crippen molar-refractivity contribution >= 4 is 5.97 Å². The van der Waals surface area contributed by atoms with Crippen LogP contribution in [0.4, 0.5) is 0 Å². The van der Waals surface area contributed by atoms with Crippen molar-refractivity contribution in [3.8, 4) is 5.75 Å². The fourth-order valence-corrected chi connectivity index (χ4v) is 4.44. The number of fused-ring (bicyclic) bond motifs is 3. The zero-order valence-electron chi connectivity index (χ0n) is 11.9. The summed E-state index contributed by atoms with van der Waals surface area (Å²) in [5.41, 5.74) is 2.61. The van der Waals surface area contributed by atoms with E-state index in [1.165, 1.54) is 11.1 Å². The van der Waals surface area contributed by atoms with Gasteiger partial charge in [0.2, 0.25) is 0 Å². The van der Waals surface area contributed by atoms with Crippen LogP contribution in [0.25, 0.3) is 0 Å². The first kappa shape index (κ1) is 13.5. The molecule has 1 saturated carbocycles. The second-order valence-corrected chi connectivity index (χ2v) is 6.51. The number of phenolic OH excluding ortho intramolecular Hbond substituents is 1. The Morgan fingerprint density at radius 1 is 1.30 bits per heavy atom. The van der Waals surface area contributed by atoms with Crippen LogP contribution in [0.1, 0.15) is 49.7 Å². The Kier molecular flexibility index (Phi) is 3.45. The van der Waals surface area contributed by atoms with E-state index in [1.807, 2.05) is 6.07 Å². The van der Waals surface area contributed by atoms with E-state index in [9.17, 15) is 15.0 Å². The van der Waals surface area contributed by atoms with Crippen molar-refractivity contribution in [3.05, 3.63) is 29.3 Å². The average Bonchev–Trinajstić information content (AvgIpc) is 2.40. The molecule has 3 unspecified atom stereocenters. The van der Waals surface area contributed by atoms with Crippen LogP contribution in [0.3, 0.4) is 0 Å². The number of hydrogen-bond acceptors (Lipinski definition) is 2. The monoisotopic (exact) mass is 274 g/mol. The number of aromatic hydroxyl groups is 1. The summed E-state index contributed by atoms with van der Waals surface area (Å²) in [7, 11) is 0. The first-order valence-electron chi connectivity index (χ1n) is 7.60. The molecule has 3 nitrogen and oxygen atoms in total. The van der Waals surface area contributed by atoms with Crippen LogP contribution in [0.15, 0.2) is 18.2 Å². The summed E-state index contributed by atoms with van der Waals surface area (Å²) >= 11 is 0. The molecule has 0 aromatic heterocycles. The molecular formula is C17H22O3. The Labute approximate surface area is 119 Å². The highest BCUT2D eigenvalue weighted by Crippen LogP contribution is 2.51. The minimum atomic E-state index is -0.668. The van der Waals surface area contributed by atoms with E-state index in [0.29, 0.717) is 35.8 Å². The van der Waals surface area contributed by atoms with Crippen LogP contribution in [0.2, 0.25) is 0 Å². The average molecular weight is 274 g/mol. The lowest BCUT2D eigenvalue weighted by Gasteiger charge is -2.45. The van der Waals surface area contributed by atoms with Crippen molar-refractivity contribution in [3.63, 3.8) is 0 Å². The lowest BCUT2D eigenvalue weighted by atomic mass is 9.59. The number of aryl methyl sites for hydroxylation is 1. The van der Waals surface area contributed by atoms with Crippen molar-refractivity contribution in [1.82, 2.24) is 0 Å². The first-order valence-corrected chi connectivity index (χ1v) is 7.60. The van der Waals surface area contributed by atoms with Crippen molar-refractivity contribution in [2.45, 2.75) is 44.9 Å². The Balaban J connectivity index is 1.91. The van der Waals surface area contributed by atoms with Gasteiger partial charge in [0.1, 0.15) is 5.75 Å². The molecule has 1 aromatic rings. The Morgan fingerprint density at radius 2 is 2.10 bits per heavy atom. The minimum Gasteiger partial charge on any atom is -0.508 e. The number of carboxylic acid groups (broad SMARTS) is 1. The highest BCUT2D eigenvalue weighted by Gasteiger charge is 2.41. The second kappa shape index (κ2) is 5.12. The predicted molar refractivity (Wildman–Crippen MR) is 76.8 cm³/mol. The molecule has 1 aromatic carbocycles. The normalized spacial score (nSPS) is 32.2. The number of carbonyl (C=O) groups is 1. The SMILES string of the molecule is C[C@@H]1CCC2c3ccc(O)cc3CCC2C1CC(=O)O. The highest BCUT2D eigenvalue weighted by molar-refractivity contribution is 5.67. The van der Waals surface area contributed by atoms with E-state index in [0.717, 1.165) is 25.7 Å². The van der Waals surface area contributed by atoms with Gasteiger partial charge in [-0.1, -0.05) is 13.0 Å². The van der Waals surface area contributed by atoms with E-state index >= 15 is 0 Å². The quantitative estimate of drug-likeness (QED) is 0.867. The molecule has 0 amide bonds. The van der Waals surface area contributed by atoms with Crippen LogP contribution >= 0.6 is 0 Å². The third-order valence-electron chi connectivity index (χ3n) is 5.41. The van der Waals surface area contributed by atoms with Gasteiger partial charge in [-0.15, -0.1) is 0 Å². The standard InChI is InChI=1S/C17H22O3/c1-10-2-5-14-13-7-4-12(18)8-11(13)3-6-15(14)16(10)9-17(19)20/h4,7-8,10,14-16,18H,2-3,5-6,9H2,1H3,(H,19,20)/t10-,14?,15?,16?/m1/s1. The molecule has 3 rings (SSSR count). The van der Waals surface area contributed by atoms with Crippen molar-refractivity contribution in [1.29, 1.82) is 0 Å². The van der Waals surface area contributed by atoms with Crippen LogP contribution < -0.4 is 0 Å². The number of carboxylic acids is 1. The molecule has 1 fully saturated rings. The molecule has 0 aliphatic heterocycles. The van der Waals surface area contributed by atoms with Gasteiger partial charge in [0, 0.05) is 6.42 Å². The Bertz CT molecular complexity index is 523. The van der Waals surface area contributed by atoms with E-state index in [-0.39, 0.29) is 0 Å². The number of benzene rings is 1. The fourth-order valence-electron chi connectivity index (χ4n) is 4.44. The number of hydrogen-bond donors (Lipinski definition) is 2. The molecule has 0 spiro atoms. The third-order valence-corrected chi connectivity index (χ3v) is 5.41. The molecule has 0 radical (unpaired) electrons. The number of rotatable bonds is 2. The molecule has 2 aliphatic carbocycles. The molecular weight excluding hydrogens is 252 g/mol. The van der Waals surface area contributed by atoms with Gasteiger partial charge in [-0.2, -0.15) is 0 Å². The summed E-state index contributed by atoms with van der Waals surface area (Å²) in [5, 5.41) is 18.8. The van der Waals surface area contributed by atoms with Gasteiger partial charge in [-0.25, -0.2) is 0 Å². The zero-order chi connectivity index (χ0) is 14.3. The van der Waals surface area contributed by atoms with Crippen molar-refractivity contribution < 1.29 is 15.0 Å². The number of aliphatic carboxylic acids is 1. The van der Waals surface area contributed by atoms with Gasteiger partial charge in [0.25, 0.3) is 0 Å². The maximum absolute atomic E-state index is 11.1. The van der Waals surface area contributed by atoms with Gasteiger partial charge in [-0.05, 0) is 72.6 Å². The lowest BCUT2D eigenvalue weighted by molar-refractivity contribution is -0.139. The van der Waals surface area contributed by atoms with E-state index < -0.39 is 5.97 Å². The largest absolute Gasteiger partial charge is 0.508 e. The second-order valence-electron chi connectivity index (χ2n) is 6.51. The predicted octanol–water partition coefficient (Wildman–Crippen LogP) is 3.56. The van der Waals surface area contributed by atoms with Crippen LogP contribution in [0.5, 0.6) is 5.75 Å². The van der Waals surface area contributed by atoms with E-state index in [4.69, 9.17) is 0 Å². The zero-order valence-corrected chi connectivity index (χ0v) is 11.9. The molecule has 4 atom stereocenters. The molecule has 0 bridgehead atoms. The van der Waals surface area contributed by atoms with Gasteiger partial charge in [0.15, 0.2) is 0 Å². The molecule has 2 aliphatic rings. The Hall–Kier alpha value is -1.51. The highest BCUT2D eigenvalue weighted by atomic mass is 16.4. The smallest absolute Gasteiger partial charge is 0.303 e. The summed E-state index contributed by atoms with van der Waals surface area (Å²) in [6, 6.07) is 5.70. The van der Waals surface area contributed by atoms with Gasteiger partial charge >= 0.3 is 5.97 Å². The third kappa shape index (κ3) is 2.30. The van der Waals surface area contributed by atoms with Crippen molar-refractivity contribution in [2.75, 3.05) is 0 Å². The van der Waals surface area contributed by atoms with Gasteiger partial charge in [0.05, 0.1) is 0 Å². The van der Waals surface area contributed by atoms with E-state index in [1.54, 1.807) is 6.07 Å². The van der Waals surface area contributed by atoms with Crippen LogP contribution in [-0.2, 0) is 11.2 Å². The molecule has 0 saturated heterocycles. The van der Waals surface area contributed by atoms with Gasteiger partial charge in [-0.3, -0.25) is 4.79 Å². The first-order chi connectivity index (χ1) is 9.56. The summed E-state index contributed by atoms with van der Waals surface area (Å²) in [6.07, 6.45) is 4.59. The summed E-state index contributed by atoms with van der Waals surface area (Å²) in [6.45, 7) is 2.20. The maximum Gasteiger partial charge on any atom is 0.303 e. The van der Waals surface area contributed by atoms with Gasteiger partial charge < -0.3 is 10.2 Å². The summed E-state index contributed by atoms with van der Waals surface area (Å²) in [4.78, 5) is 11.1. The maximum atomic E-state index is 11.1.